The van der Waals surface area contributed by atoms with E-state index in [4.69, 9.17) is 0 Å². The fraction of sp³-hybridized carbons (Fsp3) is 0.500. The standard InChI is InChI=1S/C14H16N6OS2/c1-22-6-3-11(16-13(21)10-2-7-23-8-10)12-17-19-20(18-12)14(9-15)4-5-14/h2,7-8,11H,3-6H2,1H3,(H,16,21)/t11-/m0/s1. The smallest absolute Gasteiger partial charge is 0.252 e. The maximum atomic E-state index is 12.3. The number of rotatable bonds is 7. The van der Waals surface area contributed by atoms with Crippen LogP contribution in [0, 0.1) is 11.3 Å². The number of carbonyl (C=O) groups excluding carboxylic acids is 1. The molecule has 7 nitrogen and oxygen atoms in total. The summed E-state index contributed by atoms with van der Waals surface area (Å²) >= 11 is 3.17. The molecule has 1 atom stereocenters. The first-order valence-electron chi connectivity index (χ1n) is 7.22. The number of nitriles is 1. The van der Waals surface area contributed by atoms with Crippen molar-refractivity contribution in [2.75, 3.05) is 12.0 Å². The van der Waals surface area contributed by atoms with Crippen LogP contribution in [0.25, 0.3) is 0 Å². The van der Waals surface area contributed by atoms with Gasteiger partial charge in [0.15, 0.2) is 11.4 Å². The SMILES string of the molecule is CSCC[C@H](NC(=O)c1ccsc1)c1nnn(C2(C#N)CC2)n1. The molecular formula is C14H16N6OS2. The summed E-state index contributed by atoms with van der Waals surface area (Å²) in [5, 5.41) is 28.3. The Morgan fingerprint density at radius 3 is 3.09 bits per heavy atom. The Morgan fingerprint density at radius 1 is 1.65 bits per heavy atom. The molecule has 0 aliphatic heterocycles. The summed E-state index contributed by atoms with van der Waals surface area (Å²) < 4.78 is 0. The molecule has 0 bridgehead atoms. The van der Waals surface area contributed by atoms with Crippen molar-refractivity contribution >= 4 is 29.0 Å². The molecule has 120 valence electrons. The van der Waals surface area contributed by atoms with Crippen molar-refractivity contribution in [2.45, 2.75) is 30.8 Å². The lowest BCUT2D eigenvalue weighted by Crippen LogP contribution is -2.30. The van der Waals surface area contributed by atoms with Crippen molar-refractivity contribution in [3.05, 3.63) is 28.2 Å². The molecule has 2 aromatic rings. The predicted octanol–water partition coefficient (Wildman–Crippen LogP) is 1.97. The molecule has 0 radical (unpaired) electrons. The third-order valence-corrected chi connectivity index (χ3v) is 5.08. The molecule has 2 heterocycles. The number of hydrogen-bond acceptors (Lipinski definition) is 7. The molecule has 0 aromatic carbocycles. The third kappa shape index (κ3) is 3.38. The minimum Gasteiger partial charge on any atom is -0.342 e. The van der Waals surface area contributed by atoms with Crippen molar-refractivity contribution in [3.8, 4) is 6.07 Å². The van der Waals surface area contributed by atoms with Gasteiger partial charge in [-0.3, -0.25) is 4.79 Å². The minimum absolute atomic E-state index is 0.143. The highest BCUT2D eigenvalue weighted by molar-refractivity contribution is 7.98. The highest BCUT2D eigenvalue weighted by Gasteiger charge is 2.48. The van der Waals surface area contributed by atoms with Gasteiger partial charge in [-0.25, -0.2) is 0 Å². The summed E-state index contributed by atoms with van der Waals surface area (Å²) in [6, 6.07) is 3.71. The summed E-state index contributed by atoms with van der Waals surface area (Å²) in [6.45, 7) is 0. The number of amides is 1. The number of nitrogens with one attached hydrogen (secondary N) is 1. The maximum absolute atomic E-state index is 12.3. The van der Waals surface area contributed by atoms with E-state index in [0.29, 0.717) is 17.8 Å². The average Bonchev–Trinajstić information content (AvgIpc) is 2.99. The molecule has 0 unspecified atom stereocenters. The van der Waals surface area contributed by atoms with Gasteiger partial charge in [-0.1, -0.05) is 0 Å². The van der Waals surface area contributed by atoms with E-state index >= 15 is 0 Å². The molecule has 1 fully saturated rings. The highest BCUT2D eigenvalue weighted by atomic mass is 32.2. The lowest BCUT2D eigenvalue weighted by atomic mass is 10.2. The molecule has 1 aliphatic carbocycles. The van der Waals surface area contributed by atoms with Crippen LogP contribution in [-0.2, 0) is 5.54 Å². The zero-order chi connectivity index (χ0) is 16.3. The first-order valence-corrected chi connectivity index (χ1v) is 9.56. The van der Waals surface area contributed by atoms with E-state index in [0.717, 1.165) is 18.6 Å². The molecule has 1 saturated carbocycles. The van der Waals surface area contributed by atoms with Crippen LogP contribution >= 0.6 is 23.1 Å². The predicted molar refractivity (Wildman–Crippen MR) is 88.2 cm³/mol. The van der Waals surface area contributed by atoms with E-state index in [1.807, 2.05) is 11.6 Å². The van der Waals surface area contributed by atoms with Gasteiger partial charge in [-0.2, -0.15) is 28.4 Å². The molecule has 2 aromatic heterocycles. The topological polar surface area (TPSA) is 96.5 Å². The third-order valence-electron chi connectivity index (χ3n) is 3.75. The van der Waals surface area contributed by atoms with Gasteiger partial charge in [0, 0.05) is 5.38 Å². The first-order chi connectivity index (χ1) is 11.2. The van der Waals surface area contributed by atoms with Crippen LogP contribution in [-0.4, -0.2) is 38.1 Å². The van der Waals surface area contributed by atoms with Gasteiger partial charge in [0.25, 0.3) is 5.91 Å². The number of thiophene rings is 1. The van der Waals surface area contributed by atoms with Crippen LogP contribution in [0.15, 0.2) is 16.8 Å². The maximum Gasteiger partial charge on any atom is 0.252 e. The Balaban J connectivity index is 1.76. The van der Waals surface area contributed by atoms with Gasteiger partial charge < -0.3 is 5.32 Å². The quantitative estimate of drug-likeness (QED) is 0.822. The van der Waals surface area contributed by atoms with Gasteiger partial charge in [0.2, 0.25) is 0 Å². The van der Waals surface area contributed by atoms with Gasteiger partial charge in [0.1, 0.15) is 0 Å². The molecule has 1 aliphatic rings. The Kier molecular flexibility index (Phi) is 4.63. The summed E-state index contributed by atoms with van der Waals surface area (Å²) in [5.74, 6) is 1.19. The zero-order valence-corrected chi connectivity index (χ0v) is 14.2. The molecule has 1 N–H and O–H groups in total. The molecule has 0 spiro atoms. The van der Waals surface area contributed by atoms with Crippen LogP contribution in [0.3, 0.4) is 0 Å². The van der Waals surface area contributed by atoms with Crippen LogP contribution < -0.4 is 5.32 Å². The normalized spacial score (nSPS) is 16.5. The van der Waals surface area contributed by atoms with Crippen molar-refractivity contribution in [1.29, 1.82) is 5.26 Å². The van der Waals surface area contributed by atoms with Gasteiger partial charge in [-0.15, -0.1) is 15.0 Å². The van der Waals surface area contributed by atoms with Crippen molar-refractivity contribution in [3.63, 3.8) is 0 Å². The van der Waals surface area contributed by atoms with Crippen molar-refractivity contribution < 1.29 is 4.79 Å². The molecule has 0 saturated heterocycles. The Morgan fingerprint density at radius 2 is 2.48 bits per heavy atom. The average molecular weight is 348 g/mol. The largest absolute Gasteiger partial charge is 0.342 e. The van der Waals surface area contributed by atoms with Crippen molar-refractivity contribution in [1.82, 2.24) is 25.5 Å². The monoisotopic (exact) mass is 348 g/mol. The Labute approximate surface area is 142 Å². The Hall–Kier alpha value is -1.92. The van der Waals surface area contributed by atoms with E-state index in [9.17, 15) is 10.1 Å². The minimum atomic E-state index is -0.632. The number of carbonyl (C=O) groups is 1. The second kappa shape index (κ2) is 6.68. The van der Waals surface area contributed by atoms with E-state index in [1.54, 1.807) is 23.2 Å². The Bertz CT molecular complexity index is 716. The fourth-order valence-electron chi connectivity index (χ4n) is 2.16. The van der Waals surface area contributed by atoms with Crippen LogP contribution in [0.4, 0.5) is 0 Å². The number of tetrazole rings is 1. The highest BCUT2D eigenvalue weighted by Crippen LogP contribution is 2.41. The number of aromatic nitrogens is 4. The second-order valence-corrected chi connectivity index (χ2v) is 7.17. The van der Waals surface area contributed by atoms with E-state index in [-0.39, 0.29) is 11.9 Å². The fourth-order valence-corrected chi connectivity index (χ4v) is 3.26. The number of thioether (sulfide) groups is 1. The van der Waals surface area contributed by atoms with E-state index in [2.05, 4.69) is 26.8 Å². The lowest BCUT2D eigenvalue weighted by molar-refractivity contribution is 0.0934. The summed E-state index contributed by atoms with van der Waals surface area (Å²) in [4.78, 5) is 13.7. The lowest BCUT2D eigenvalue weighted by Gasteiger charge is -2.14. The zero-order valence-electron chi connectivity index (χ0n) is 12.6. The summed E-state index contributed by atoms with van der Waals surface area (Å²) in [7, 11) is 0. The van der Waals surface area contributed by atoms with Crippen LogP contribution in [0.1, 0.15) is 41.5 Å². The van der Waals surface area contributed by atoms with E-state index < -0.39 is 5.54 Å². The number of nitrogens with zero attached hydrogens (tertiary/aromatic N) is 5. The van der Waals surface area contributed by atoms with Gasteiger partial charge in [-0.05, 0) is 47.9 Å². The molecular weight excluding hydrogens is 332 g/mol. The first kappa shape index (κ1) is 16.0. The van der Waals surface area contributed by atoms with E-state index in [1.165, 1.54) is 16.1 Å². The molecule has 9 heteroatoms. The number of hydrogen-bond donors (Lipinski definition) is 1. The van der Waals surface area contributed by atoms with Crippen LogP contribution in [0.2, 0.25) is 0 Å². The van der Waals surface area contributed by atoms with Crippen LogP contribution in [0.5, 0.6) is 0 Å². The van der Waals surface area contributed by atoms with Crippen molar-refractivity contribution in [2.24, 2.45) is 0 Å². The molecule has 3 rings (SSSR count). The summed E-state index contributed by atoms with van der Waals surface area (Å²) in [5.41, 5.74) is -0.000573. The van der Waals surface area contributed by atoms with Gasteiger partial charge >= 0.3 is 0 Å². The molecule has 1 amide bonds. The van der Waals surface area contributed by atoms with Gasteiger partial charge in [0.05, 0.1) is 17.7 Å². The second-order valence-electron chi connectivity index (χ2n) is 5.40. The summed E-state index contributed by atoms with van der Waals surface area (Å²) in [6.07, 6.45) is 4.21. The molecule has 23 heavy (non-hydrogen) atoms.